The number of fused-ring (bicyclic) bond motifs is 5. The van der Waals surface area contributed by atoms with Crippen LogP contribution in [0.25, 0.3) is 0 Å². The number of rotatable bonds is 1. The molecule has 0 aliphatic heterocycles. The summed E-state index contributed by atoms with van der Waals surface area (Å²) in [7, 11) is 0. The Kier molecular flexibility index (Phi) is 3.77. The Bertz CT molecular complexity index is 569. The highest BCUT2D eigenvalue weighted by atomic mass is 16.3. The predicted octanol–water partition coefficient (Wildman–Crippen LogP) is 3.77. The standard InChI is InChI=1S/C21H32O3/c1-12(22)16-6-7-17-15-5-4-13-10-14(23)8-9-20(13,2)19(15)18(24)11-21(16,17)3/h13,15-19,24H,4-11H2,1-3H3/t13-,15-,16-,17-,18-,19-,20-,21+/m0/s1. The van der Waals surface area contributed by atoms with Crippen LogP contribution < -0.4 is 0 Å². The third-order valence-corrected chi connectivity index (χ3v) is 8.90. The Morgan fingerprint density at radius 1 is 1.12 bits per heavy atom. The zero-order valence-electron chi connectivity index (χ0n) is 15.4. The molecule has 1 N–H and O–H groups in total. The Hall–Kier alpha value is -0.700. The van der Waals surface area contributed by atoms with E-state index in [1.54, 1.807) is 6.92 Å². The molecule has 0 aromatic heterocycles. The molecule has 0 aromatic carbocycles. The summed E-state index contributed by atoms with van der Waals surface area (Å²) in [6, 6.07) is 0. The molecule has 4 aliphatic rings. The lowest BCUT2D eigenvalue weighted by molar-refractivity contribution is -0.173. The largest absolute Gasteiger partial charge is 0.393 e. The number of carbonyl (C=O) groups excluding carboxylic acids is 2. The first-order valence-corrected chi connectivity index (χ1v) is 9.97. The molecule has 24 heavy (non-hydrogen) atoms. The van der Waals surface area contributed by atoms with Crippen LogP contribution in [0.2, 0.25) is 0 Å². The molecule has 4 fully saturated rings. The van der Waals surface area contributed by atoms with Gasteiger partial charge in [0.25, 0.3) is 0 Å². The van der Waals surface area contributed by atoms with E-state index in [-0.39, 0.29) is 22.9 Å². The van der Waals surface area contributed by atoms with Gasteiger partial charge in [-0.15, -0.1) is 0 Å². The maximum absolute atomic E-state index is 12.2. The molecule has 3 nitrogen and oxygen atoms in total. The molecule has 4 saturated carbocycles. The van der Waals surface area contributed by atoms with Crippen molar-refractivity contribution < 1.29 is 14.7 Å². The minimum absolute atomic E-state index is 0.0138. The Labute approximate surface area is 145 Å². The third-order valence-electron chi connectivity index (χ3n) is 8.90. The first-order valence-electron chi connectivity index (χ1n) is 9.97. The van der Waals surface area contributed by atoms with E-state index in [0.29, 0.717) is 41.7 Å². The highest BCUT2D eigenvalue weighted by molar-refractivity contribution is 5.80. The van der Waals surface area contributed by atoms with Gasteiger partial charge >= 0.3 is 0 Å². The first kappa shape index (κ1) is 16.8. The zero-order valence-corrected chi connectivity index (χ0v) is 15.4. The van der Waals surface area contributed by atoms with Crippen LogP contribution in [-0.2, 0) is 9.59 Å². The van der Waals surface area contributed by atoms with E-state index >= 15 is 0 Å². The van der Waals surface area contributed by atoms with Crippen LogP contribution in [-0.4, -0.2) is 22.8 Å². The average Bonchev–Trinajstić information content (AvgIpc) is 2.84. The maximum Gasteiger partial charge on any atom is 0.133 e. The van der Waals surface area contributed by atoms with Crippen molar-refractivity contribution in [3.05, 3.63) is 0 Å². The number of hydrogen-bond acceptors (Lipinski definition) is 3. The lowest BCUT2D eigenvalue weighted by Gasteiger charge is -2.61. The quantitative estimate of drug-likeness (QED) is 0.795. The molecular formula is C21H32O3. The van der Waals surface area contributed by atoms with Crippen LogP contribution in [0.4, 0.5) is 0 Å². The van der Waals surface area contributed by atoms with Gasteiger partial charge in [-0.2, -0.15) is 0 Å². The Morgan fingerprint density at radius 2 is 1.88 bits per heavy atom. The molecule has 0 unspecified atom stereocenters. The molecule has 134 valence electrons. The van der Waals surface area contributed by atoms with Crippen molar-refractivity contribution in [2.45, 2.75) is 78.2 Å². The van der Waals surface area contributed by atoms with Gasteiger partial charge < -0.3 is 5.11 Å². The van der Waals surface area contributed by atoms with Gasteiger partial charge in [-0.3, -0.25) is 9.59 Å². The van der Waals surface area contributed by atoms with E-state index in [2.05, 4.69) is 13.8 Å². The fourth-order valence-corrected chi connectivity index (χ4v) is 7.84. The number of Topliss-reactive ketones (excluding diaryl/α,β-unsaturated/α-hetero) is 2. The van der Waals surface area contributed by atoms with Crippen LogP contribution in [0.3, 0.4) is 0 Å². The molecule has 0 spiro atoms. The highest BCUT2D eigenvalue weighted by Gasteiger charge is 2.63. The SMILES string of the molecule is CC(=O)[C@@H]1CC[C@H]2[C@@H]3CC[C@H]4CC(=O)CC[C@]4(C)[C@@H]3[C@@H](O)C[C@]12C. The summed E-state index contributed by atoms with van der Waals surface area (Å²) in [4.78, 5) is 24.1. The molecule has 0 saturated heterocycles. The highest BCUT2D eigenvalue weighted by Crippen LogP contribution is 2.67. The first-order chi connectivity index (χ1) is 11.3. The summed E-state index contributed by atoms with van der Waals surface area (Å²) in [5.41, 5.74) is 0.103. The van der Waals surface area contributed by atoms with Crippen LogP contribution in [0.5, 0.6) is 0 Å². The van der Waals surface area contributed by atoms with Gasteiger partial charge in [-0.05, 0) is 80.0 Å². The van der Waals surface area contributed by atoms with E-state index in [1.807, 2.05) is 0 Å². The molecule has 3 heteroatoms. The number of ketones is 2. The van der Waals surface area contributed by atoms with Gasteiger partial charge in [0.15, 0.2) is 0 Å². The van der Waals surface area contributed by atoms with Gasteiger partial charge in [0.1, 0.15) is 11.6 Å². The summed E-state index contributed by atoms with van der Waals surface area (Å²) in [6.07, 6.45) is 7.27. The van der Waals surface area contributed by atoms with Crippen molar-refractivity contribution in [1.29, 1.82) is 0 Å². The zero-order chi connectivity index (χ0) is 17.3. The second-order valence-electron chi connectivity index (χ2n) is 9.84. The third kappa shape index (κ3) is 2.12. The van der Waals surface area contributed by atoms with Crippen molar-refractivity contribution in [1.82, 2.24) is 0 Å². The second-order valence-corrected chi connectivity index (χ2v) is 9.84. The molecule has 4 aliphatic carbocycles. The monoisotopic (exact) mass is 332 g/mol. The minimum atomic E-state index is -0.308. The fourth-order valence-electron chi connectivity index (χ4n) is 7.84. The van der Waals surface area contributed by atoms with Gasteiger partial charge in [0.2, 0.25) is 0 Å². The van der Waals surface area contributed by atoms with E-state index in [0.717, 1.165) is 44.9 Å². The summed E-state index contributed by atoms with van der Waals surface area (Å²) >= 11 is 0. The summed E-state index contributed by atoms with van der Waals surface area (Å²) in [5, 5.41) is 11.2. The number of aliphatic hydroxyl groups is 1. The molecule has 4 rings (SSSR count). The molecule has 0 bridgehead atoms. The van der Waals surface area contributed by atoms with Gasteiger partial charge in [-0.25, -0.2) is 0 Å². The topological polar surface area (TPSA) is 54.4 Å². The van der Waals surface area contributed by atoms with Gasteiger partial charge in [-0.1, -0.05) is 13.8 Å². The number of hydrogen-bond donors (Lipinski definition) is 1. The van der Waals surface area contributed by atoms with Crippen LogP contribution in [0, 0.1) is 40.4 Å². The molecule has 0 radical (unpaired) electrons. The Balaban J connectivity index is 1.68. The minimum Gasteiger partial charge on any atom is -0.393 e. The van der Waals surface area contributed by atoms with Crippen molar-refractivity contribution in [2.24, 2.45) is 40.4 Å². The average molecular weight is 332 g/mol. The number of aliphatic hydroxyl groups excluding tert-OH is 1. The molecular weight excluding hydrogens is 300 g/mol. The lowest BCUT2D eigenvalue weighted by atomic mass is 9.44. The summed E-state index contributed by atoms with van der Waals surface area (Å²) in [5.74, 6) is 2.78. The normalized spacial score (nSPS) is 53.9. The maximum atomic E-state index is 12.2. The fraction of sp³-hybridized carbons (Fsp3) is 0.905. The molecule has 0 heterocycles. The molecule has 8 atom stereocenters. The van der Waals surface area contributed by atoms with Gasteiger partial charge in [0.05, 0.1) is 6.10 Å². The predicted molar refractivity (Wildman–Crippen MR) is 92.3 cm³/mol. The van der Waals surface area contributed by atoms with Gasteiger partial charge in [0, 0.05) is 18.8 Å². The summed E-state index contributed by atoms with van der Waals surface area (Å²) < 4.78 is 0. The second kappa shape index (κ2) is 5.40. The van der Waals surface area contributed by atoms with E-state index in [4.69, 9.17) is 0 Å². The smallest absolute Gasteiger partial charge is 0.133 e. The number of carbonyl (C=O) groups is 2. The van der Waals surface area contributed by atoms with Crippen LogP contribution in [0.15, 0.2) is 0 Å². The van der Waals surface area contributed by atoms with Crippen LogP contribution >= 0.6 is 0 Å². The molecule has 0 amide bonds. The van der Waals surface area contributed by atoms with Crippen molar-refractivity contribution >= 4 is 11.6 Å². The molecule has 0 aromatic rings. The Morgan fingerprint density at radius 3 is 2.58 bits per heavy atom. The van der Waals surface area contributed by atoms with Crippen molar-refractivity contribution in [3.8, 4) is 0 Å². The van der Waals surface area contributed by atoms with E-state index in [9.17, 15) is 14.7 Å². The van der Waals surface area contributed by atoms with Crippen molar-refractivity contribution in [2.75, 3.05) is 0 Å². The van der Waals surface area contributed by atoms with E-state index < -0.39 is 0 Å². The van der Waals surface area contributed by atoms with E-state index in [1.165, 1.54) is 0 Å². The summed E-state index contributed by atoms with van der Waals surface area (Å²) in [6.45, 7) is 6.36. The van der Waals surface area contributed by atoms with Crippen LogP contribution in [0.1, 0.15) is 72.1 Å². The van der Waals surface area contributed by atoms with Crippen molar-refractivity contribution in [3.63, 3.8) is 0 Å². The lowest BCUT2D eigenvalue weighted by Crippen LogP contribution is -2.59.